The molecule has 1 heterocycles. The van der Waals surface area contributed by atoms with Crippen molar-refractivity contribution in [2.24, 2.45) is 0 Å². The Labute approximate surface area is 197 Å². The maximum atomic E-state index is 13.5. The fourth-order valence-corrected chi connectivity index (χ4v) is 3.90. The van der Waals surface area contributed by atoms with E-state index in [1.807, 2.05) is 43.3 Å². The molecule has 0 unspecified atom stereocenters. The van der Waals surface area contributed by atoms with Crippen molar-refractivity contribution in [3.05, 3.63) is 94.1 Å². The molecule has 0 bridgehead atoms. The number of anilines is 1. The van der Waals surface area contributed by atoms with Gasteiger partial charge < -0.3 is 14.8 Å². The minimum atomic E-state index is -0.409. The molecule has 0 saturated carbocycles. The summed E-state index contributed by atoms with van der Waals surface area (Å²) in [6.45, 7) is 2.06. The van der Waals surface area contributed by atoms with E-state index >= 15 is 0 Å². The Morgan fingerprint density at radius 1 is 0.879 bits per heavy atom. The number of aryl methyl sites for hydroxylation is 1. The Kier molecular flexibility index (Phi) is 6.38. The second-order valence-electron chi connectivity index (χ2n) is 7.59. The first kappa shape index (κ1) is 22.4. The first-order chi connectivity index (χ1) is 15.9. The summed E-state index contributed by atoms with van der Waals surface area (Å²) >= 11 is 6.18. The molecule has 4 rings (SSSR count). The van der Waals surface area contributed by atoms with E-state index in [0.29, 0.717) is 27.8 Å². The molecule has 3 aromatic rings. The lowest BCUT2D eigenvalue weighted by Crippen LogP contribution is -2.32. The highest BCUT2D eigenvalue weighted by Crippen LogP contribution is 2.36. The number of hydrogen-bond donors (Lipinski definition) is 1. The summed E-state index contributed by atoms with van der Waals surface area (Å²) in [5, 5.41) is 3.69. The van der Waals surface area contributed by atoms with Crippen molar-refractivity contribution in [1.29, 1.82) is 0 Å². The maximum absolute atomic E-state index is 13.5. The van der Waals surface area contributed by atoms with Crippen LogP contribution in [0.2, 0.25) is 5.02 Å². The second-order valence-corrected chi connectivity index (χ2v) is 8.02. The van der Waals surface area contributed by atoms with Gasteiger partial charge in [-0.25, -0.2) is 0 Å². The predicted octanol–water partition coefficient (Wildman–Crippen LogP) is 5.06. The molecule has 3 aromatic carbocycles. The smallest absolute Gasteiger partial charge is 0.278 e. The van der Waals surface area contributed by atoms with Crippen molar-refractivity contribution < 1.29 is 19.1 Å². The van der Waals surface area contributed by atoms with Crippen LogP contribution in [0.3, 0.4) is 0 Å². The quantitative estimate of drug-likeness (QED) is 0.497. The number of nitrogens with zero attached hydrogens (tertiary/aromatic N) is 1. The van der Waals surface area contributed by atoms with Gasteiger partial charge in [-0.15, -0.1) is 0 Å². The van der Waals surface area contributed by atoms with Crippen LogP contribution in [0.15, 0.2) is 72.4 Å². The van der Waals surface area contributed by atoms with E-state index < -0.39 is 11.8 Å². The normalized spacial score (nSPS) is 13.5. The Morgan fingerprint density at radius 3 is 2.30 bits per heavy atom. The molecule has 0 aromatic heterocycles. The van der Waals surface area contributed by atoms with Crippen LogP contribution in [0, 0.1) is 6.92 Å². The van der Waals surface area contributed by atoms with Gasteiger partial charge in [-0.3, -0.25) is 14.5 Å². The zero-order valence-electron chi connectivity index (χ0n) is 18.5. The van der Waals surface area contributed by atoms with Gasteiger partial charge in [0.15, 0.2) is 11.5 Å². The number of methoxy groups -OCH3 is 2. The second kappa shape index (κ2) is 9.38. The van der Waals surface area contributed by atoms with Gasteiger partial charge in [0.05, 0.1) is 26.3 Å². The van der Waals surface area contributed by atoms with Crippen LogP contribution in [-0.2, 0) is 16.1 Å². The fraction of sp³-hybridized carbons (Fsp3) is 0.154. The highest BCUT2D eigenvalue weighted by molar-refractivity contribution is 6.36. The highest BCUT2D eigenvalue weighted by Gasteiger charge is 2.39. The molecule has 0 saturated heterocycles. The Bertz CT molecular complexity index is 1250. The summed E-state index contributed by atoms with van der Waals surface area (Å²) in [5.41, 5.74) is 3.39. The van der Waals surface area contributed by atoms with Crippen LogP contribution in [0.25, 0.3) is 5.57 Å². The molecule has 1 aliphatic heterocycles. The minimum absolute atomic E-state index is 0.162. The molecule has 0 radical (unpaired) electrons. The number of carbonyl (C=O) groups is 2. The average molecular weight is 463 g/mol. The lowest BCUT2D eigenvalue weighted by molar-refractivity contribution is -0.137. The Hall–Kier alpha value is -3.77. The zero-order chi connectivity index (χ0) is 23.5. The van der Waals surface area contributed by atoms with Gasteiger partial charge in [-0.05, 0) is 47.9 Å². The van der Waals surface area contributed by atoms with Gasteiger partial charge >= 0.3 is 0 Å². The zero-order valence-corrected chi connectivity index (χ0v) is 19.3. The Morgan fingerprint density at radius 2 is 1.61 bits per heavy atom. The summed E-state index contributed by atoms with van der Waals surface area (Å²) in [5.74, 6) is 0.189. The molecule has 2 amide bonds. The number of hydrogen-bond acceptors (Lipinski definition) is 5. The standard InChI is InChI=1S/C26H23ClN2O4/c1-16-9-11-19(27)14-20(16)28-24-23(18-10-12-21(32-2)22(13-18)33-3)25(30)29(26(24)31)15-17-7-5-4-6-8-17/h4-14,28H,15H2,1-3H3. The molecule has 0 fully saturated rings. The topological polar surface area (TPSA) is 67.9 Å². The molecule has 168 valence electrons. The molecule has 6 nitrogen and oxygen atoms in total. The molecular formula is C26H23ClN2O4. The third kappa shape index (κ3) is 4.43. The first-order valence-electron chi connectivity index (χ1n) is 10.3. The lowest BCUT2D eigenvalue weighted by atomic mass is 10.0. The first-order valence-corrected chi connectivity index (χ1v) is 10.7. The summed E-state index contributed by atoms with van der Waals surface area (Å²) in [6.07, 6.45) is 0. The number of nitrogens with one attached hydrogen (secondary N) is 1. The SMILES string of the molecule is COc1ccc(C2=C(Nc3cc(Cl)ccc3C)C(=O)N(Cc3ccccc3)C2=O)cc1OC. The van der Waals surface area contributed by atoms with Crippen molar-refractivity contribution in [2.45, 2.75) is 13.5 Å². The average Bonchev–Trinajstić information content (AvgIpc) is 3.05. The fourth-order valence-electron chi connectivity index (χ4n) is 3.72. The monoisotopic (exact) mass is 462 g/mol. The third-order valence-electron chi connectivity index (χ3n) is 5.48. The molecule has 7 heteroatoms. The number of halogens is 1. The summed E-state index contributed by atoms with van der Waals surface area (Å²) in [4.78, 5) is 28.3. The van der Waals surface area contributed by atoms with Crippen molar-refractivity contribution >= 4 is 34.7 Å². The van der Waals surface area contributed by atoms with Crippen LogP contribution >= 0.6 is 11.6 Å². The number of ether oxygens (including phenoxy) is 2. The van der Waals surface area contributed by atoms with Gasteiger partial charge in [0, 0.05) is 10.7 Å². The van der Waals surface area contributed by atoms with E-state index in [0.717, 1.165) is 11.1 Å². The van der Waals surface area contributed by atoms with Crippen molar-refractivity contribution in [3.63, 3.8) is 0 Å². The number of amides is 2. The van der Waals surface area contributed by atoms with Gasteiger partial charge in [-0.2, -0.15) is 0 Å². The van der Waals surface area contributed by atoms with E-state index in [2.05, 4.69) is 5.32 Å². The largest absolute Gasteiger partial charge is 0.493 e. The van der Waals surface area contributed by atoms with E-state index in [-0.39, 0.29) is 17.8 Å². The summed E-state index contributed by atoms with van der Waals surface area (Å²) in [7, 11) is 3.06. The van der Waals surface area contributed by atoms with Crippen molar-refractivity contribution in [2.75, 3.05) is 19.5 Å². The molecule has 33 heavy (non-hydrogen) atoms. The van der Waals surface area contributed by atoms with Crippen LogP contribution in [0.5, 0.6) is 11.5 Å². The van der Waals surface area contributed by atoms with E-state index in [4.69, 9.17) is 21.1 Å². The van der Waals surface area contributed by atoms with Crippen LogP contribution < -0.4 is 14.8 Å². The van der Waals surface area contributed by atoms with Crippen molar-refractivity contribution in [1.82, 2.24) is 4.90 Å². The number of imide groups is 1. The molecular weight excluding hydrogens is 440 g/mol. The van der Waals surface area contributed by atoms with E-state index in [9.17, 15) is 9.59 Å². The molecule has 1 aliphatic rings. The molecule has 0 aliphatic carbocycles. The predicted molar refractivity (Wildman–Crippen MR) is 128 cm³/mol. The van der Waals surface area contributed by atoms with Gasteiger partial charge in [0.1, 0.15) is 5.70 Å². The van der Waals surface area contributed by atoms with Gasteiger partial charge in [0.2, 0.25) is 0 Å². The number of benzene rings is 3. The highest BCUT2D eigenvalue weighted by atomic mass is 35.5. The van der Waals surface area contributed by atoms with Gasteiger partial charge in [-0.1, -0.05) is 54.1 Å². The minimum Gasteiger partial charge on any atom is -0.493 e. The molecule has 1 N–H and O–H groups in total. The van der Waals surface area contributed by atoms with E-state index in [1.54, 1.807) is 30.3 Å². The molecule has 0 spiro atoms. The van der Waals surface area contributed by atoms with Gasteiger partial charge in [0.25, 0.3) is 11.8 Å². The third-order valence-corrected chi connectivity index (χ3v) is 5.72. The summed E-state index contributed by atoms with van der Waals surface area (Å²) in [6, 6.07) is 19.9. The number of rotatable bonds is 7. The van der Waals surface area contributed by atoms with Crippen LogP contribution in [0.1, 0.15) is 16.7 Å². The Balaban J connectivity index is 1.81. The summed E-state index contributed by atoms with van der Waals surface area (Å²) < 4.78 is 10.7. The van der Waals surface area contributed by atoms with E-state index in [1.165, 1.54) is 19.1 Å². The van der Waals surface area contributed by atoms with Crippen LogP contribution in [0.4, 0.5) is 5.69 Å². The maximum Gasteiger partial charge on any atom is 0.278 e. The molecule has 0 atom stereocenters. The van der Waals surface area contributed by atoms with Crippen molar-refractivity contribution in [3.8, 4) is 11.5 Å². The van der Waals surface area contributed by atoms with Crippen LogP contribution in [-0.4, -0.2) is 30.9 Å². The lowest BCUT2D eigenvalue weighted by Gasteiger charge is -2.16. The number of carbonyl (C=O) groups excluding carboxylic acids is 2.